The van der Waals surface area contributed by atoms with Crippen molar-refractivity contribution in [2.24, 2.45) is 0 Å². The maximum Gasteiger partial charge on any atom is 0.234 e. The van der Waals surface area contributed by atoms with E-state index >= 15 is 0 Å². The lowest BCUT2D eigenvalue weighted by atomic mass is 9.90. The number of aryl methyl sites for hydroxylation is 1. The Balaban J connectivity index is 1.32. The molecule has 162 valence electrons. The molecule has 1 N–H and O–H groups in total. The number of anilines is 1. The van der Waals surface area contributed by atoms with E-state index in [0.717, 1.165) is 29.5 Å². The van der Waals surface area contributed by atoms with Gasteiger partial charge < -0.3 is 9.73 Å². The van der Waals surface area contributed by atoms with Crippen molar-refractivity contribution in [1.82, 2.24) is 14.8 Å². The number of furan rings is 1. The monoisotopic (exact) mass is 444 g/mol. The summed E-state index contributed by atoms with van der Waals surface area (Å²) in [5.41, 5.74) is 4.36. The smallest absolute Gasteiger partial charge is 0.234 e. The van der Waals surface area contributed by atoms with Crippen LogP contribution in [0.1, 0.15) is 24.0 Å². The van der Waals surface area contributed by atoms with E-state index in [1.54, 1.807) is 6.08 Å². The Labute approximate surface area is 190 Å². The number of benzene rings is 2. The highest BCUT2D eigenvalue weighted by Gasteiger charge is 2.19. The number of amides is 1. The molecule has 0 unspecified atom stereocenters. The van der Waals surface area contributed by atoms with E-state index < -0.39 is 0 Å². The maximum atomic E-state index is 12.7. The van der Waals surface area contributed by atoms with Crippen LogP contribution in [0.2, 0.25) is 0 Å². The fourth-order valence-electron chi connectivity index (χ4n) is 4.18. The Morgan fingerprint density at radius 3 is 2.91 bits per heavy atom. The molecule has 0 fully saturated rings. The average Bonchev–Trinajstić information content (AvgIpc) is 3.42. The zero-order valence-electron chi connectivity index (χ0n) is 17.7. The molecule has 0 atom stereocenters. The Kier molecular flexibility index (Phi) is 5.81. The van der Waals surface area contributed by atoms with Gasteiger partial charge >= 0.3 is 0 Å². The second kappa shape index (κ2) is 9.04. The van der Waals surface area contributed by atoms with E-state index in [0.29, 0.717) is 23.3 Å². The molecule has 7 heteroatoms. The van der Waals surface area contributed by atoms with Gasteiger partial charge in [0.05, 0.1) is 5.75 Å². The molecule has 2 aromatic heterocycles. The number of nitrogens with zero attached hydrogens (tertiary/aromatic N) is 3. The molecule has 2 heterocycles. The molecule has 0 bridgehead atoms. The van der Waals surface area contributed by atoms with Crippen LogP contribution < -0.4 is 5.32 Å². The second-order valence-electron chi connectivity index (χ2n) is 7.84. The number of allylic oxidation sites excluding steroid dienone is 1. The minimum Gasteiger partial charge on any atom is -0.453 e. The molecule has 4 aromatic rings. The highest BCUT2D eigenvalue weighted by Crippen LogP contribution is 2.30. The summed E-state index contributed by atoms with van der Waals surface area (Å²) in [4.78, 5) is 12.7. The third kappa shape index (κ3) is 4.08. The summed E-state index contributed by atoms with van der Waals surface area (Å²) < 4.78 is 7.89. The average molecular weight is 445 g/mol. The summed E-state index contributed by atoms with van der Waals surface area (Å²) in [6, 6.07) is 16.0. The molecular weight excluding hydrogens is 420 g/mol. The minimum absolute atomic E-state index is 0.0487. The highest BCUT2D eigenvalue weighted by molar-refractivity contribution is 7.99. The maximum absolute atomic E-state index is 12.7. The van der Waals surface area contributed by atoms with Crippen molar-refractivity contribution in [2.75, 3.05) is 11.1 Å². The molecule has 0 saturated carbocycles. The lowest BCUT2D eigenvalue weighted by molar-refractivity contribution is -0.113. The molecule has 1 aliphatic rings. The van der Waals surface area contributed by atoms with Crippen molar-refractivity contribution >= 4 is 34.3 Å². The first-order valence-electron chi connectivity index (χ1n) is 10.8. The first-order chi connectivity index (χ1) is 15.7. The third-order valence-electron chi connectivity index (χ3n) is 5.68. The SMILES string of the molecule is C=CCn1c(SCC(=O)Nc2cccc3c2CCCC3)nnc1-c1cc2ccccc2o1. The number of hydrogen-bond donors (Lipinski definition) is 1. The van der Waals surface area contributed by atoms with Gasteiger partial charge in [0.2, 0.25) is 11.7 Å². The number of carbonyl (C=O) groups is 1. The van der Waals surface area contributed by atoms with Crippen LogP contribution in [-0.2, 0) is 24.2 Å². The van der Waals surface area contributed by atoms with Crippen LogP contribution in [0.3, 0.4) is 0 Å². The first-order valence-corrected chi connectivity index (χ1v) is 11.8. The Morgan fingerprint density at radius 1 is 1.16 bits per heavy atom. The topological polar surface area (TPSA) is 73.0 Å². The molecule has 32 heavy (non-hydrogen) atoms. The predicted molar refractivity (Wildman–Crippen MR) is 128 cm³/mol. The molecule has 1 amide bonds. The van der Waals surface area contributed by atoms with Gasteiger partial charge in [-0.25, -0.2) is 0 Å². The third-order valence-corrected chi connectivity index (χ3v) is 6.64. The van der Waals surface area contributed by atoms with Crippen molar-refractivity contribution in [3.05, 3.63) is 72.3 Å². The lowest BCUT2D eigenvalue weighted by Crippen LogP contribution is -2.17. The number of fused-ring (bicyclic) bond motifs is 2. The summed E-state index contributed by atoms with van der Waals surface area (Å²) in [5, 5.41) is 13.4. The van der Waals surface area contributed by atoms with Crippen molar-refractivity contribution < 1.29 is 9.21 Å². The summed E-state index contributed by atoms with van der Waals surface area (Å²) in [5.74, 6) is 1.47. The highest BCUT2D eigenvalue weighted by atomic mass is 32.2. The van der Waals surface area contributed by atoms with E-state index in [-0.39, 0.29) is 11.7 Å². The molecule has 0 saturated heterocycles. The minimum atomic E-state index is -0.0487. The van der Waals surface area contributed by atoms with Gasteiger partial charge in [-0.1, -0.05) is 48.2 Å². The molecule has 0 spiro atoms. The van der Waals surface area contributed by atoms with Gasteiger partial charge in [0, 0.05) is 17.6 Å². The summed E-state index contributed by atoms with van der Waals surface area (Å²) in [6.07, 6.45) is 6.28. The van der Waals surface area contributed by atoms with Gasteiger partial charge in [0.15, 0.2) is 10.9 Å². The van der Waals surface area contributed by atoms with Gasteiger partial charge in [-0.15, -0.1) is 16.8 Å². The fourth-order valence-corrected chi connectivity index (χ4v) is 4.93. The van der Waals surface area contributed by atoms with Crippen LogP contribution in [0.4, 0.5) is 5.69 Å². The second-order valence-corrected chi connectivity index (χ2v) is 8.78. The van der Waals surface area contributed by atoms with Crippen LogP contribution in [0.25, 0.3) is 22.6 Å². The fraction of sp³-hybridized carbons (Fsp3) is 0.240. The zero-order valence-corrected chi connectivity index (χ0v) is 18.5. The summed E-state index contributed by atoms with van der Waals surface area (Å²) in [7, 11) is 0. The standard InChI is InChI=1S/C25H24N4O2S/c1-2-14-29-24(22-15-18-9-4-6-13-21(18)31-22)27-28-25(29)32-16-23(30)26-20-12-7-10-17-8-3-5-11-19(17)20/h2,4,6-7,9-10,12-13,15H,1,3,5,8,11,14,16H2,(H,26,30). The number of thioether (sulfide) groups is 1. The van der Waals surface area contributed by atoms with Crippen molar-refractivity contribution in [2.45, 2.75) is 37.4 Å². The first kappa shape index (κ1) is 20.6. The van der Waals surface area contributed by atoms with Crippen molar-refractivity contribution in [3.8, 4) is 11.6 Å². The van der Waals surface area contributed by atoms with E-state index in [1.165, 1.54) is 35.7 Å². The Morgan fingerprint density at radius 2 is 2.03 bits per heavy atom. The molecule has 0 aliphatic heterocycles. The van der Waals surface area contributed by atoms with E-state index in [9.17, 15) is 4.79 Å². The summed E-state index contributed by atoms with van der Waals surface area (Å²) in [6.45, 7) is 4.37. The van der Waals surface area contributed by atoms with E-state index in [1.807, 2.05) is 47.0 Å². The normalized spacial score (nSPS) is 13.1. The lowest BCUT2D eigenvalue weighted by Gasteiger charge is -2.19. The molecule has 6 nitrogen and oxygen atoms in total. The van der Waals surface area contributed by atoms with Crippen LogP contribution >= 0.6 is 11.8 Å². The molecular formula is C25H24N4O2S. The largest absolute Gasteiger partial charge is 0.453 e. The number of rotatable bonds is 7. The molecule has 1 aliphatic carbocycles. The van der Waals surface area contributed by atoms with E-state index in [4.69, 9.17) is 4.42 Å². The van der Waals surface area contributed by atoms with Crippen LogP contribution in [0.15, 0.2) is 70.8 Å². The molecule has 2 aromatic carbocycles. The number of nitrogens with one attached hydrogen (secondary N) is 1. The molecule has 0 radical (unpaired) electrons. The number of carbonyl (C=O) groups excluding carboxylic acids is 1. The Bertz CT molecular complexity index is 1260. The van der Waals surface area contributed by atoms with Gasteiger partial charge in [0.1, 0.15) is 5.58 Å². The number of aromatic nitrogens is 3. The predicted octanol–water partition coefficient (Wildman–Crippen LogP) is 5.49. The van der Waals surface area contributed by atoms with Gasteiger partial charge in [0.25, 0.3) is 0 Å². The van der Waals surface area contributed by atoms with Gasteiger partial charge in [-0.3, -0.25) is 9.36 Å². The number of para-hydroxylation sites is 1. The quantitative estimate of drug-likeness (QED) is 0.302. The van der Waals surface area contributed by atoms with Gasteiger partial charge in [-0.05, 0) is 55.0 Å². The van der Waals surface area contributed by atoms with Crippen LogP contribution in [0, 0.1) is 0 Å². The summed E-state index contributed by atoms with van der Waals surface area (Å²) >= 11 is 1.36. The van der Waals surface area contributed by atoms with E-state index in [2.05, 4.69) is 28.2 Å². The molecule has 5 rings (SSSR count). The van der Waals surface area contributed by atoms with Gasteiger partial charge in [-0.2, -0.15) is 0 Å². The van der Waals surface area contributed by atoms with Crippen molar-refractivity contribution in [3.63, 3.8) is 0 Å². The number of hydrogen-bond acceptors (Lipinski definition) is 5. The Hall–Kier alpha value is -3.32. The van der Waals surface area contributed by atoms with Crippen LogP contribution in [0.5, 0.6) is 0 Å². The van der Waals surface area contributed by atoms with Crippen LogP contribution in [-0.4, -0.2) is 26.4 Å². The zero-order chi connectivity index (χ0) is 21.9. The van der Waals surface area contributed by atoms with Crippen molar-refractivity contribution in [1.29, 1.82) is 0 Å².